The average molecular weight is 498 g/mol. The lowest BCUT2D eigenvalue weighted by atomic mass is 10.3. The van der Waals surface area contributed by atoms with E-state index in [1.165, 1.54) is 22.8 Å². The molecule has 2 rings (SSSR count). The number of halogens is 1. The van der Waals surface area contributed by atoms with E-state index in [-0.39, 0.29) is 5.96 Å². The number of nitro groups is 1. The molecule has 1 fully saturated rings. The quantitative estimate of drug-likeness (QED) is 0.193. The minimum atomic E-state index is -2.42. The molecule has 0 bridgehead atoms. The number of hydrazone groups is 1. The van der Waals surface area contributed by atoms with Gasteiger partial charge in [-0.3, -0.25) is 4.57 Å². The van der Waals surface area contributed by atoms with Crippen LogP contribution in [-0.2, 0) is 15.6 Å². The third-order valence-corrected chi connectivity index (χ3v) is 11.6. The number of rotatable bonds is 11. The van der Waals surface area contributed by atoms with Gasteiger partial charge in [0.2, 0.25) is 0 Å². The minimum absolute atomic E-state index is 0.282. The molecule has 1 saturated heterocycles. The van der Waals surface area contributed by atoms with Crippen molar-refractivity contribution in [3.8, 4) is 0 Å². The molecule has 1 aromatic rings. The normalized spacial score (nSPS) is 14.9. The molecule has 170 valence electrons. The predicted molar refractivity (Wildman–Crippen MR) is 127 cm³/mol. The van der Waals surface area contributed by atoms with E-state index in [4.69, 9.17) is 16.1 Å². The van der Waals surface area contributed by atoms with Crippen LogP contribution in [0, 0.1) is 10.1 Å². The Hall–Kier alpha value is -1.00. The van der Waals surface area contributed by atoms with E-state index in [9.17, 15) is 14.7 Å². The molecule has 0 aromatic carbocycles. The number of nitrogens with zero attached hydrogens (tertiary/aromatic N) is 4. The van der Waals surface area contributed by atoms with Gasteiger partial charge in [0.15, 0.2) is 5.03 Å². The zero-order valence-corrected chi connectivity index (χ0v) is 20.7. The van der Waals surface area contributed by atoms with Crippen molar-refractivity contribution in [2.75, 3.05) is 31.2 Å². The summed E-state index contributed by atoms with van der Waals surface area (Å²) < 4.78 is 17.3. The molecule has 2 heterocycles. The van der Waals surface area contributed by atoms with Crippen LogP contribution in [0.3, 0.4) is 0 Å². The first kappa shape index (κ1) is 27.0. The molecule has 1 aliphatic rings. The standard InChI is InChI=1S/C9H10ClN5O2.C8H19O2PS2/c10-8-2-1-7(5-12-8)6-14-4-3-11-9(14)13-15(16)17;1-4-7-12-11(9,10-6-3)13-8-5-2/h1-2,5H,3-4,6H2,(H,11,13);4-8H2,1-3H3. The lowest BCUT2D eigenvalue weighted by Crippen LogP contribution is -2.30. The highest BCUT2D eigenvalue weighted by Crippen LogP contribution is 2.69. The largest absolute Gasteiger partial charge is 0.349 e. The second-order valence-corrected chi connectivity index (χ2v) is 14.0. The van der Waals surface area contributed by atoms with Crippen molar-refractivity contribution in [1.82, 2.24) is 15.2 Å². The molecule has 1 aromatic heterocycles. The first-order chi connectivity index (χ1) is 14.3. The van der Waals surface area contributed by atoms with Crippen LogP contribution >= 0.6 is 40.1 Å². The lowest BCUT2D eigenvalue weighted by Gasteiger charge is -2.14. The molecule has 0 unspecified atom stereocenters. The first-order valence-corrected chi connectivity index (χ1v) is 14.9. The second kappa shape index (κ2) is 14.9. The van der Waals surface area contributed by atoms with Crippen molar-refractivity contribution in [2.24, 2.45) is 5.10 Å². The summed E-state index contributed by atoms with van der Waals surface area (Å²) >= 11 is 8.65. The lowest BCUT2D eigenvalue weighted by molar-refractivity contribution is -0.485. The van der Waals surface area contributed by atoms with Crippen LogP contribution < -0.4 is 5.32 Å². The van der Waals surface area contributed by atoms with Gasteiger partial charge in [0.05, 0.1) is 6.61 Å². The maximum absolute atomic E-state index is 12.0. The van der Waals surface area contributed by atoms with Crippen molar-refractivity contribution < 1.29 is 14.1 Å². The summed E-state index contributed by atoms with van der Waals surface area (Å²) in [5.41, 5.74) is 0.925. The summed E-state index contributed by atoms with van der Waals surface area (Å²) in [5.74, 6) is -0.287. The highest BCUT2D eigenvalue weighted by atomic mass is 35.5. The zero-order valence-electron chi connectivity index (χ0n) is 17.5. The van der Waals surface area contributed by atoms with Gasteiger partial charge >= 0.3 is 5.77 Å². The molecular formula is C17H29ClN5O4PS2. The van der Waals surface area contributed by atoms with E-state index in [1.807, 2.05) is 13.0 Å². The molecule has 0 saturated carbocycles. The fourth-order valence-corrected chi connectivity index (χ4v) is 9.46. The number of aromatic nitrogens is 1. The van der Waals surface area contributed by atoms with E-state index in [0.29, 0.717) is 31.4 Å². The van der Waals surface area contributed by atoms with Crippen LogP contribution in [0.5, 0.6) is 0 Å². The molecule has 9 nitrogen and oxygen atoms in total. The smallest absolute Gasteiger partial charge is 0.313 e. The molecular weight excluding hydrogens is 469 g/mol. The number of nitrogens with one attached hydrogen (secondary N) is 1. The van der Waals surface area contributed by atoms with E-state index >= 15 is 0 Å². The van der Waals surface area contributed by atoms with E-state index in [1.54, 1.807) is 17.2 Å². The third kappa shape index (κ3) is 10.9. The summed E-state index contributed by atoms with van der Waals surface area (Å²) in [6.07, 6.45) is 3.74. The molecule has 0 spiro atoms. The van der Waals surface area contributed by atoms with Gasteiger partial charge < -0.3 is 14.7 Å². The Bertz CT molecular complexity index is 715. The van der Waals surface area contributed by atoms with Crippen LogP contribution in [0.2, 0.25) is 5.15 Å². The van der Waals surface area contributed by atoms with Crippen molar-refractivity contribution in [1.29, 1.82) is 0 Å². The molecule has 0 atom stereocenters. The fraction of sp³-hybridized carbons (Fsp3) is 0.647. The average Bonchev–Trinajstić information content (AvgIpc) is 3.13. The van der Waals surface area contributed by atoms with Crippen molar-refractivity contribution in [3.63, 3.8) is 0 Å². The SMILES string of the molecule is CCCSP(=O)(OCC)SCCC.O=[N+]([O-])/N=C1\NCCN1Cc1ccc(Cl)nc1. The molecule has 1 aliphatic heterocycles. The van der Waals surface area contributed by atoms with E-state index in [0.717, 1.165) is 29.9 Å². The summed E-state index contributed by atoms with van der Waals surface area (Å²) in [4.78, 5) is 16.1. The fourth-order valence-electron chi connectivity index (χ4n) is 2.25. The van der Waals surface area contributed by atoms with Crippen LogP contribution in [0.4, 0.5) is 0 Å². The Morgan fingerprint density at radius 1 is 1.33 bits per heavy atom. The molecule has 13 heteroatoms. The number of pyridine rings is 1. The summed E-state index contributed by atoms with van der Waals surface area (Å²) in [6, 6.07) is 3.52. The summed E-state index contributed by atoms with van der Waals surface area (Å²) in [7, 11) is 0. The third-order valence-electron chi connectivity index (χ3n) is 3.50. The van der Waals surface area contributed by atoms with Crippen LogP contribution in [0.25, 0.3) is 0 Å². The van der Waals surface area contributed by atoms with Gasteiger partial charge in [-0.25, -0.2) is 15.1 Å². The number of hydrogen-bond acceptors (Lipinski definition) is 7. The second-order valence-electron chi connectivity index (χ2n) is 6.03. The number of hydrogen-bond donors (Lipinski definition) is 1. The molecule has 0 amide bonds. The van der Waals surface area contributed by atoms with Gasteiger partial charge in [-0.2, -0.15) is 0 Å². The van der Waals surface area contributed by atoms with Gasteiger partial charge in [0.1, 0.15) is 10.3 Å². The Morgan fingerprint density at radius 3 is 2.50 bits per heavy atom. The Morgan fingerprint density at radius 2 is 2.00 bits per heavy atom. The van der Waals surface area contributed by atoms with Gasteiger partial charge in [-0.15, -0.1) is 0 Å². The van der Waals surface area contributed by atoms with Gasteiger partial charge in [-0.05, 0) is 31.4 Å². The maximum atomic E-state index is 12.0. The highest BCUT2D eigenvalue weighted by Gasteiger charge is 2.23. The Labute approximate surface area is 190 Å². The maximum Gasteiger partial charge on any atom is 0.313 e. The van der Waals surface area contributed by atoms with Gasteiger partial charge in [0, 0.05) is 37.3 Å². The molecule has 1 N–H and O–H groups in total. The molecule has 30 heavy (non-hydrogen) atoms. The van der Waals surface area contributed by atoms with Crippen molar-refractivity contribution in [3.05, 3.63) is 39.2 Å². The molecule has 0 aliphatic carbocycles. The monoisotopic (exact) mass is 497 g/mol. The minimum Gasteiger partial charge on any atom is -0.349 e. The Balaban J connectivity index is 0.000000314. The van der Waals surface area contributed by atoms with Gasteiger partial charge in [-0.1, -0.05) is 54.3 Å². The van der Waals surface area contributed by atoms with Crippen LogP contribution in [-0.4, -0.2) is 52.1 Å². The van der Waals surface area contributed by atoms with Crippen molar-refractivity contribution >= 4 is 46.1 Å². The van der Waals surface area contributed by atoms with E-state index in [2.05, 4.69) is 29.2 Å². The van der Waals surface area contributed by atoms with E-state index < -0.39 is 10.8 Å². The number of guanidine groups is 1. The predicted octanol–water partition coefficient (Wildman–Crippen LogP) is 5.11. The topological polar surface area (TPSA) is 110 Å². The zero-order chi connectivity index (χ0) is 22.4. The Kier molecular flexibility index (Phi) is 13.4. The molecule has 0 radical (unpaired) electrons. The highest BCUT2D eigenvalue weighted by molar-refractivity contribution is 8.89. The summed E-state index contributed by atoms with van der Waals surface area (Å²) in [6.45, 7) is 8.46. The van der Waals surface area contributed by atoms with Crippen LogP contribution in [0.15, 0.2) is 23.4 Å². The van der Waals surface area contributed by atoms with Crippen molar-refractivity contribution in [2.45, 2.75) is 40.2 Å². The van der Waals surface area contributed by atoms with Gasteiger partial charge in [0.25, 0.3) is 5.96 Å². The van der Waals surface area contributed by atoms with Crippen LogP contribution in [0.1, 0.15) is 39.2 Å². The summed E-state index contributed by atoms with van der Waals surface area (Å²) in [5, 5.41) is 16.2. The first-order valence-electron chi connectivity index (χ1n) is 9.69.